The van der Waals surface area contributed by atoms with Gasteiger partial charge in [0.25, 0.3) is 0 Å². The van der Waals surface area contributed by atoms with E-state index in [1.165, 1.54) is 0 Å². The molecule has 122 valence electrons. The van der Waals surface area contributed by atoms with Gasteiger partial charge in [0.2, 0.25) is 0 Å². The van der Waals surface area contributed by atoms with Gasteiger partial charge in [-0.1, -0.05) is 0 Å². The van der Waals surface area contributed by atoms with Crippen molar-refractivity contribution in [1.82, 2.24) is 19.9 Å². The predicted molar refractivity (Wildman–Crippen MR) is 98.9 cm³/mol. The molecule has 5 heterocycles. The van der Waals surface area contributed by atoms with E-state index in [4.69, 9.17) is 0 Å². The summed E-state index contributed by atoms with van der Waals surface area (Å²) >= 11 is 0. The van der Waals surface area contributed by atoms with E-state index in [2.05, 4.69) is 50.3 Å². The van der Waals surface area contributed by atoms with E-state index in [1.54, 1.807) is 0 Å². The third-order valence-electron chi connectivity index (χ3n) is 4.04. The third kappa shape index (κ3) is 3.24. The summed E-state index contributed by atoms with van der Waals surface area (Å²) in [6, 6.07) is 16.4. The molecule has 3 aromatic rings. The zero-order valence-electron chi connectivity index (χ0n) is 13.2. The smallest absolute Gasteiger partial charge is 0.0659 e. The van der Waals surface area contributed by atoms with Crippen LogP contribution in [0.3, 0.4) is 0 Å². The summed E-state index contributed by atoms with van der Waals surface area (Å²) in [4.78, 5) is 16.0. The van der Waals surface area contributed by atoms with Crippen LogP contribution in [0.15, 0.2) is 48.5 Å². The minimum Gasteiger partial charge on any atom is -0.355 e. The zero-order chi connectivity index (χ0) is 15.9. The molecule has 0 atom stereocenters. The van der Waals surface area contributed by atoms with Crippen molar-refractivity contribution >= 4 is 46.4 Å². The van der Waals surface area contributed by atoms with Crippen molar-refractivity contribution in [3.63, 3.8) is 0 Å². The van der Waals surface area contributed by atoms with E-state index in [0.29, 0.717) is 0 Å². The summed E-state index contributed by atoms with van der Waals surface area (Å²) < 4.78 is 0. The van der Waals surface area contributed by atoms with Crippen LogP contribution in [-0.4, -0.2) is 19.9 Å². The maximum absolute atomic E-state index is 4.62. The fourth-order valence-electron chi connectivity index (χ4n) is 2.94. The molecule has 8 bridgehead atoms. The maximum Gasteiger partial charge on any atom is 0.0659 e. The molecule has 2 aliphatic rings. The fraction of sp³-hybridized carbons (Fsp3) is 0. The summed E-state index contributed by atoms with van der Waals surface area (Å²) in [5.74, 6) is 0. The molecule has 2 N–H and O–H groups in total. The molecule has 0 saturated heterocycles. The minimum atomic E-state index is 0. The molecule has 4 nitrogen and oxygen atoms in total. The van der Waals surface area contributed by atoms with Crippen LogP contribution in [0.2, 0.25) is 0 Å². The van der Waals surface area contributed by atoms with Crippen LogP contribution in [0, 0.1) is 0 Å². The first kappa shape index (κ1) is 15.7. The first-order chi connectivity index (χ1) is 11.8. The summed E-state index contributed by atoms with van der Waals surface area (Å²) in [6.07, 6.45) is 8.05. The Morgan fingerprint density at radius 2 is 0.840 bits per heavy atom. The molecule has 0 saturated carbocycles. The molecule has 0 amide bonds. The normalized spacial score (nSPS) is 12.2. The second-order valence-corrected chi connectivity index (χ2v) is 5.91. The van der Waals surface area contributed by atoms with Crippen LogP contribution in [-0.2, 0) is 19.8 Å². The van der Waals surface area contributed by atoms with Gasteiger partial charge in [0.15, 0.2) is 0 Å². The second-order valence-electron chi connectivity index (χ2n) is 5.91. The molecule has 25 heavy (non-hydrogen) atoms. The van der Waals surface area contributed by atoms with Crippen molar-refractivity contribution in [3.8, 4) is 0 Å². The number of H-pyrrole nitrogens is 2. The number of fused-ring (bicyclic) bond motifs is 8. The van der Waals surface area contributed by atoms with E-state index in [-0.39, 0.29) is 19.8 Å². The first-order valence-corrected chi connectivity index (χ1v) is 7.85. The molecule has 5 heteroatoms. The summed E-state index contributed by atoms with van der Waals surface area (Å²) in [7, 11) is 0. The average molecular weight is 501 g/mol. The number of rotatable bonds is 0. The Bertz CT molecular complexity index is 1080. The van der Waals surface area contributed by atoms with Gasteiger partial charge in [-0.05, 0) is 72.8 Å². The SMILES string of the molecule is C1=Cc2cc3ccc(cc4ccc(cc5nc(cc1n2)C=C5)[nH]4)[nH]3.[Os]. The Labute approximate surface area is 157 Å². The van der Waals surface area contributed by atoms with Crippen LogP contribution < -0.4 is 0 Å². The van der Waals surface area contributed by atoms with Crippen molar-refractivity contribution in [3.05, 3.63) is 71.3 Å². The predicted octanol–water partition coefficient (Wildman–Crippen LogP) is 4.65. The number of aromatic amines is 2. The van der Waals surface area contributed by atoms with Gasteiger partial charge in [0.05, 0.1) is 22.8 Å². The van der Waals surface area contributed by atoms with Crippen LogP contribution in [0.1, 0.15) is 22.8 Å². The number of hydrogen-bond donors (Lipinski definition) is 2. The van der Waals surface area contributed by atoms with Crippen LogP contribution >= 0.6 is 0 Å². The topological polar surface area (TPSA) is 57.4 Å². The third-order valence-corrected chi connectivity index (χ3v) is 4.04. The molecular formula is C20H14N4Os. The minimum absolute atomic E-state index is 0. The van der Waals surface area contributed by atoms with E-state index < -0.39 is 0 Å². The Balaban J connectivity index is 0.00000157. The fourth-order valence-corrected chi connectivity index (χ4v) is 2.94. The van der Waals surface area contributed by atoms with Gasteiger partial charge in [-0.25, -0.2) is 9.97 Å². The van der Waals surface area contributed by atoms with E-state index in [1.807, 2.05) is 42.5 Å². The summed E-state index contributed by atoms with van der Waals surface area (Å²) in [5.41, 5.74) is 7.86. The van der Waals surface area contributed by atoms with Crippen LogP contribution in [0.5, 0.6) is 0 Å². The first-order valence-electron chi connectivity index (χ1n) is 7.85. The van der Waals surface area contributed by atoms with Gasteiger partial charge in [-0.15, -0.1) is 0 Å². The van der Waals surface area contributed by atoms with Crippen molar-refractivity contribution in [2.45, 2.75) is 0 Å². The molecule has 0 spiro atoms. The largest absolute Gasteiger partial charge is 0.355 e. The van der Waals surface area contributed by atoms with E-state index >= 15 is 0 Å². The average Bonchev–Trinajstić information content (AvgIpc) is 3.32. The maximum atomic E-state index is 4.62. The number of nitrogens with zero attached hydrogens (tertiary/aromatic N) is 2. The van der Waals surface area contributed by atoms with Gasteiger partial charge in [-0.3, -0.25) is 0 Å². The number of aromatic nitrogens is 4. The molecule has 2 aliphatic heterocycles. The molecular weight excluding hydrogens is 486 g/mol. The van der Waals surface area contributed by atoms with Gasteiger partial charge in [-0.2, -0.15) is 0 Å². The molecule has 0 unspecified atom stereocenters. The van der Waals surface area contributed by atoms with Crippen LogP contribution in [0.4, 0.5) is 0 Å². The Hall–Kier alpha value is -2.76. The second kappa shape index (κ2) is 6.27. The van der Waals surface area contributed by atoms with Crippen molar-refractivity contribution in [1.29, 1.82) is 0 Å². The van der Waals surface area contributed by atoms with E-state index in [0.717, 1.165) is 44.8 Å². The van der Waals surface area contributed by atoms with Gasteiger partial charge in [0.1, 0.15) is 0 Å². The monoisotopic (exact) mass is 502 g/mol. The molecule has 3 aromatic heterocycles. The van der Waals surface area contributed by atoms with E-state index in [9.17, 15) is 0 Å². The van der Waals surface area contributed by atoms with Crippen molar-refractivity contribution in [2.75, 3.05) is 0 Å². The van der Waals surface area contributed by atoms with Crippen molar-refractivity contribution in [2.24, 2.45) is 0 Å². The number of nitrogens with one attached hydrogen (secondary N) is 2. The summed E-state index contributed by atoms with van der Waals surface area (Å²) in [6.45, 7) is 0. The van der Waals surface area contributed by atoms with Crippen molar-refractivity contribution < 1.29 is 19.8 Å². The quantitative estimate of drug-likeness (QED) is 0.325. The van der Waals surface area contributed by atoms with Gasteiger partial charge >= 0.3 is 0 Å². The standard InChI is InChI=1S/C20H14N4.Os/c1-2-14-10-16-5-6-18(23-16)12-20-8-7-19(24-20)11-17-4-3-15(22-17)9-13(1)21-14;/h1-12,21-22H;. The summed E-state index contributed by atoms with van der Waals surface area (Å²) in [5, 5.41) is 0. The zero-order valence-corrected chi connectivity index (χ0v) is 15.7. The Morgan fingerprint density at radius 3 is 1.28 bits per heavy atom. The number of hydrogen-bond acceptors (Lipinski definition) is 2. The molecule has 0 aliphatic carbocycles. The molecule has 0 radical (unpaired) electrons. The van der Waals surface area contributed by atoms with Gasteiger partial charge < -0.3 is 9.97 Å². The van der Waals surface area contributed by atoms with Crippen LogP contribution in [0.25, 0.3) is 46.4 Å². The Morgan fingerprint density at radius 1 is 0.480 bits per heavy atom. The van der Waals surface area contributed by atoms with Gasteiger partial charge in [0, 0.05) is 41.9 Å². The molecule has 5 rings (SSSR count). The molecule has 0 aromatic carbocycles. The molecule has 0 fully saturated rings. The Kier molecular flexibility index (Phi) is 3.95.